The Morgan fingerprint density at radius 1 is 1.35 bits per heavy atom. The third-order valence-corrected chi connectivity index (χ3v) is 5.87. The van der Waals surface area contributed by atoms with E-state index < -0.39 is 10.0 Å². The summed E-state index contributed by atoms with van der Waals surface area (Å²) in [6, 6.07) is 2.86. The second-order valence-corrected chi connectivity index (χ2v) is 7.79. The number of nitrogens with two attached hydrogens (primary N) is 1. The minimum atomic E-state index is -3.64. The van der Waals surface area contributed by atoms with Gasteiger partial charge in [0.1, 0.15) is 4.90 Å². The first-order chi connectivity index (χ1) is 9.35. The second-order valence-electron chi connectivity index (χ2n) is 5.24. The topological polar surface area (TPSA) is 72.2 Å². The maximum atomic E-state index is 12.3. The third kappa shape index (κ3) is 3.65. The number of sulfonamides is 1. The number of benzene rings is 1. The fraction of sp³-hybridized carbons (Fsp3) is 0.538. The van der Waals surface area contributed by atoms with Crippen molar-refractivity contribution < 1.29 is 8.42 Å². The Morgan fingerprint density at radius 3 is 2.55 bits per heavy atom. The molecule has 1 aromatic carbocycles. The van der Waals surface area contributed by atoms with Crippen LogP contribution in [0.15, 0.2) is 17.0 Å². The third-order valence-electron chi connectivity index (χ3n) is 3.63. The molecule has 1 aliphatic carbocycles. The molecule has 112 valence electrons. The maximum Gasteiger partial charge on any atom is 0.242 e. The van der Waals surface area contributed by atoms with Gasteiger partial charge in [-0.25, -0.2) is 13.1 Å². The fourth-order valence-corrected chi connectivity index (χ4v) is 4.10. The van der Waals surface area contributed by atoms with E-state index in [9.17, 15) is 8.42 Å². The molecule has 0 heterocycles. The predicted octanol–water partition coefficient (Wildman–Crippen LogP) is 2.78. The highest BCUT2D eigenvalue weighted by Gasteiger charge is 2.29. The Bertz CT molecular complexity index is 601. The van der Waals surface area contributed by atoms with Crippen LogP contribution in [0.1, 0.15) is 25.3 Å². The Labute approximate surface area is 129 Å². The summed E-state index contributed by atoms with van der Waals surface area (Å²) in [5.74, 6) is 0.975. The van der Waals surface area contributed by atoms with Crippen LogP contribution < -0.4 is 10.5 Å². The quantitative estimate of drug-likeness (QED) is 0.838. The van der Waals surface area contributed by atoms with Crippen LogP contribution in [0.4, 0.5) is 0 Å². The lowest BCUT2D eigenvalue weighted by molar-refractivity contribution is 0.492. The minimum Gasteiger partial charge on any atom is -0.326 e. The molecule has 0 amide bonds. The summed E-state index contributed by atoms with van der Waals surface area (Å²) in [4.78, 5) is 0.0343. The second kappa shape index (κ2) is 6.20. The van der Waals surface area contributed by atoms with Gasteiger partial charge in [-0.15, -0.1) is 0 Å². The lowest BCUT2D eigenvalue weighted by Crippen LogP contribution is -2.29. The van der Waals surface area contributed by atoms with Crippen molar-refractivity contribution in [1.29, 1.82) is 0 Å². The van der Waals surface area contributed by atoms with E-state index in [1.54, 1.807) is 0 Å². The van der Waals surface area contributed by atoms with Gasteiger partial charge in [-0.3, -0.25) is 0 Å². The van der Waals surface area contributed by atoms with Crippen LogP contribution in [0.2, 0.25) is 10.0 Å². The molecular weight excluding hydrogens is 319 g/mol. The number of nitrogens with one attached hydrogen (secondary N) is 1. The monoisotopic (exact) mass is 336 g/mol. The van der Waals surface area contributed by atoms with Gasteiger partial charge in [0.25, 0.3) is 0 Å². The van der Waals surface area contributed by atoms with E-state index in [2.05, 4.69) is 11.6 Å². The molecule has 1 saturated carbocycles. The molecule has 7 heteroatoms. The van der Waals surface area contributed by atoms with E-state index in [1.807, 2.05) is 0 Å². The number of rotatable bonds is 6. The van der Waals surface area contributed by atoms with E-state index in [1.165, 1.54) is 25.0 Å². The largest absolute Gasteiger partial charge is 0.326 e. The van der Waals surface area contributed by atoms with Crippen LogP contribution in [0, 0.1) is 11.8 Å². The lowest BCUT2D eigenvalue weighted by atomic mass is 10.1. The fourth-order valence-electron chi connectivity index (χ4n) is 2.08. The predicted molar refractivity (Wildman–Crippen MR) is 81.4 cm³/mol. The number of hydrogen-bond acceptors (Lipinski definition) is 3. The summed E-state index contributed by atoms with van der Waals surface area (Å²) in [6.07, 6.45) is 2.36. The molecule has 20 heavy (non-hydrogen) atoms. The Hall–Kier alpha value is -0.330. The van der Waals surface area contributed by atoms with Gasteiger partial charge in [0.15, 0.2) is 0 Å². The van der Waals surface area contributed by atoms with E-state index in [-0.39, 0.29) is 16.5 Å². The standard InChI is InChI=1S/C13H18Cl2N2O2S/c1-8(9-2-3-9)7-17-20(18,19)13-4-10(6-16)11(14)5-12(13)15/h4-5,8-9,17H,2-3,6-7,16H2,1H3. The molecule has 2 rings (SSSR count). The Balaban J connectivity index is 2.19. The normalized spacial score (nSPS) is 17.2. The summed E-state index contributed by atoms with van der Waals surface area (Å²) >= 11 is 11.9. The van der Waals surface area contributed by atoms with E-state index in [0.717, 1.165) is 0 Å². The van der Waals surface area contributed by atoms with Gasteiger partial charge in [0.05, 0.1) is 5.02 Å². The van der Waals surface area contributed by atoms with Gasteiger partial charge in [-0.1, -0.05) is 30.1 Å². The molecule has 3 N–H and O–H groups in total. The smallest absolute Gasteiger partial charge is 0.242 e. The van der Waals surface area contributed by atoms with Gasteiger partial charge in [0, 0.05) is 18.1 Å². The Morgan fingerprint density at radius 2 is 2.00 bits per heavy atom. The summed E-state index contributed by atoms with van der Waals surface area (Å²) in [5.41, 5.74) is 6.10. The van der Waals surface area contributed by atoms with Crippen LogP contribution in [0.25, 0.3) is 0 Å². The lowest BCUT2D eigenvalue weighted by Gasteiger charge is -2.14. The average Bonchev–Trinajstić information content (AvgIpc) is 3.20. The molecular formula is C13H18Cl2N2O2S. The summed E-state index contributed by atoms with van der Waals surface area (Å²) < 4.78 is 27.2. The van der Waals surface area contributed by atoms with Crippen LogP contribution in [0.5, 0.6) is 0 Å². The zero-order valence-corrected chi connectivity index (χ0v) is 13.5. The molecule has 4 nitrogen and oxygen atoms in total. The van der Waals surface area contributed by atoms with Gasteiger partial charge < -0.3 is 5.73 Å². The number of halogens is 2. The van der Waals surface area contributed by atoms with E-state index in [4.69, 9.17) is 28.9 Å². The van der Waals surface area contributed by atoms with E-state index in [0.29, 0.717) is 29.0 Å². The van der Waals surface area contributed by atoms with Gasteiger partial charge in [-0.2, -0.15) is 0 Å². The first kappa shape index (κ1) is 16.0. The summed E-state index contributed by atoms with van der Waals surface area (Å²) in [7, 11) is -3.64. The molecule has 0 spiro atoms. The first-order valence-electron chi connectivity index (χ1n) is 6.53. The molecule has 1 fully saturated rings. The highest BCUT2D eigenvalue weighted by Crippen LogP contribution is 2.36. The molecule has 0 radical (unpaired) electrons. The van der Waals surface area contributed by atoms with Gasteiger partial charge in [0.2, 0.25) is 10.0 Å². The minimum absolute atomic E-state index is 0.0343. The first-order valence-corrected chi connectivity index (χ1v) is 8.76. The van der Waals surface area contributed by atoms with E-state index >= 15 is 0 Å². The van der Waals surface area contributed by atoms with Crippen molar-refractivity contribution in [1.82, 2.24) is 4.72 Å². The highest BCUT2D eigenvalue weighted by atomic mass is 35.5. The van der Waals surface area contributed by atoms with Crippen LogP contribution >= 0.6 is 23.2 Å². The molecule has 0 saturated heterocycles. The summed E-state index contributed by atoms with van der Waals surface area (Å²) in [6.45, 7) is 2.63. The van der Waals surface area contributed by atoms with Crippen molar-refractivity contribution in [2.24, 2.45) is 17.6 Å². The molecule has 1 unspecified atom stereocenters. The zero-order chi connectivity index (χ0) is 14.9. The van der Waals surface area contributed by atoms with Crippen molar-refractivity contribution in [3.8, 4) is 0 Å². The van der Waals surface area contributed by atoms with Gasteiger partial charge >= 0.3 is 0 Å². The molecule has 1 atom stereocenters. The van der Waals surface area contributed by atoms with Crippen molar-refractivity contribution in [2.75, 3.05) is 6.54 Å². The van der Waals surface area contributed by atoms with Crippen molar-refractivity contribution >= 4 is 33.2 Å². The summed E-state index contributed by atoms with van der Waals surface area (Å²) in [5, 5.41) is 0.488. The maximum absolute atomic E-state index is 12.3. The van der Waals surface area contributed by atoms with Crippen LogP contribution in [-0.4, -0.2) is 15.0 Å². The van der Waals surface area contributed by atoms with Gasteiger partial charge in [-0.05, 0) is 42.4 Å². The average molecular weight is 337 g/mol. The molecule has 0 aromatic heterocycles. The van der Waals surface area contributed by atoms with Crippen molar-refractivity contribution in [3.05, 3.63) is 27.7 Å². The Kier molecular flexibility index (Phi) is 4.97. The van der Waals surface area contributed by atoms with Crippen molar-refractivity contribution in [3.63, 3.8) is 0 Å². The highest BCUT2D eigenvalue weighted by molar-refractivity contribution is 7.89. The van der Waals surface area contributed by atoms with Crippen LogP contribution in [-0.2, 0) is 16.6 Å². The zero-order valence-electron chi connectivity index (χ0n) is 11.2. The molecule has 0 bridgehead atoms. The molecule has 1 aromatic rings. The molecule has 0 aliphatic heterocycles. The number of hydrogen-bond donors (Lipinski definition) is 2. The molecule has 1 aliphatic rings. The SMILES string of the molecule is CC(CNS(=O)(=O)c1cc(CN)c(Cl)cc1Cl)C1CC1. The van der Waals surface area contributed by atoms with Crippen LogP contribution in [0.3, 0.4) is 0 Å². The van der Waals surface area contributed by atoms with Crippen molar-refractivity contribution in [2.45, 2.75) is 31.2 Å².